The number of nitrogens with zero attached hydrogens (tertiary/aromatic N) is 6. The zero-order valence-corrected chi connectivity index (χ0v) is 23.0. The SMILES string of the molecule is C=C(/C=C\C=C/C)[C@H](Nc1cc(C#N)c2ncc(C#N)c(NCC(C)(C)C)c2c1)c1cn(C2(C(F)F)CC2)nn1. The predicted molar refractivity (Wildman–Crippen MR) is 152 cm³/mol. The van der Waals surface area contributed by atoms with Gasteiger partial charge in [0.1, 0.15) is 23.4 Å². The highest BCUT2D eigenvalue weighted by Crippen LogP contribution is 2.48. The molecule has 0 amide bonds. The number of rotatable bonds is 10. The van der Waals surface area contributed by atoms with E-state index in [9.17, 15) is 19.3 Å². The molecule has 40 heavy (non-hydrogen) atoms. The van der Waals surface area contributed by atoms with Gasteiger partial charge in [-0.25, -0.2) is 13.5 Å². The van der Waals surface area contributed by atoms with E-state index in [0.717, 1.165) is 0 Å². The molecule has 1 fully saturated rings. The second kappa shape index (κ2) is 11.3. The highest BCUT2D eigenvalue weighted by molar-refractivity contribution is 5.99. The molecular formula is C30H32F2N8. The fourth-order valence-electron chi connectivity index (χ4n) is 4.31. The number of allylic oxidation sites excluding steroid dienone is 3. The summed E-state index contributed by atoms with van der Waals surface area (Å²) in [5.74, 6) is 0. The fraction of sp³-hybridized carbons (Fsp3) is 0.367. The summed E-state index contributed by atoms with van der Waals surface area (Å²) in [5.41, 5.74) is 1.91. The molecule has 0 aliphatic heterocycles. The second-order valence-corrected chi connectivity index (χ2v) is 11.1. The van der Waals surface area contributed by atoms with Gasteiger partial charge in [0, 0.05) is 23.8 Å². The Morgan fingerprint density at radius 2 is 1.93 bits per heavy atom. The van der Waals surface area contributed by atoms with Crippen LogP contribution in [-0.2, 0) is 5.54 Å². The monoisotopic (exact) mass is 542 g/mol. The molecule has 0 bridgehead atoms. The summed E-state index contributed by atoms with van der Waals surface area (Å²) >= 11 is 0. The van der Waals surface area contributed by atoms with Crippen LogP contribution in [0, 0.1) is 28.1 Å². The van der Waals surface area contributed by atoms with E-state index in [-0.39, 0.29) is 5.41 Å². The van der Waals surface area contributed by atoms with E-state index in [1.165, 1.54) is 17.1 Å². The first kappa shape index (κ1) is 28.4. The highest BCUT2D eigenvalue weighted by atomic mass is 19.3. The number of halogens is 2. The van der Waals surface area contributed by atoms with Crippen LogP contribution in [-0.4, -0.2) is 32.9 Å². The van der Waals surface area contributed by atoms with Gasteiger partial charge < -0.3 is 10.6 Å². The lowest BCUT2D eigenvalue weighted by molar-refractivity contribution is 0.0593. The summed E-state index contributed by atoms with van der Waals surface area (Å²) < 4.78 is 28.7. The average molecular weight is 543 g/mol. The molecule has 2 heterocycles. The lowest BCUT2D eigenvalue weighted by Gasteiger charge is -2.22. The number of hydrogen-bond acceptors (Lipinski definition) is 7. The van der Waals surface area contributed by atoms with Crippen LogP contribution < -0.4 is 10.6 Å². The van der Waals surface area contributed by atoms with Gasteiger partial charge in [0.15, 0.2) is 0 Å². The largest absolute Gasteiger partial charge is 0.383 e. The maximum absolute atomic E-state index is 13.7. The molecule has 0 radical (unpaired) electrons. The molecule has 206 valence electrons. The van der Waals surface area contributed by atoms with Crippen LogP contribution in [0.3, 0.4) is 0 Å². The van der Waals surface area contributed by atoms with E-state index >= 15 is 0 Å². The summed E-state index contributed by atoms with van der Waals surface area (Å²) in [7, 11) is 0. The minimum atomic E-state index is -2.55. The number of hydrogen-bond donors (Lipinski definition) is 2. The average Bonchev–Trinajstić information content (AvgIpc) is 3.59. The van der Waals surface area contributed by atoms with Gasteiger partial charge in [0.25, 0.3) is 6.43 Å². The van der Waals surface area contributed by atoms with E-state index in [1.54, 1.807) is 12.1 Å². The van der Waals surface area contributed by atoms with E-state index in [0.29, 0.717) is 64.1 Å². The Kier molecular flexibility index (Phi) is 8.01. The Balaban J connectivity index is 1.80. The van der Waals surface area contributed by atoms with Gasteiger partial charge in [-0.15, -0.1) is 5.10 Å². The molecule has 1 atom stereocenters. The maximum atomic E-state index is 13.7. The van der Waals surface area contributed by atoms with Crippen LogP contribution in [0.5, 0.6) is 0 Å². The van der Waals surface area contributed by atoms with Crippen molar-refractivity contribution < 1.29 is 8.78 Å². The summed E-state index contributed by atoms with van der Waals surface area (Å²) in [6.07, 6.45) is 8.46. The molecule has 1 aromatic carbocycles. The van der Waals surface area contributed by atoms with E-state index < -0.39 is 18.0 Å². The molecule has 3 aromatic rings. The number of fused-ring (bicyclic) bond motifs is 1. The van der Waals surface area contributed by atoms with Crippen LogP contribution in [0.4, 0.5) is 20.2 Å². The van der Waals surface area contributed by atoms with Crippen molar-refractivity contribution in [1.82, 2.24) is 20.0 Å². The molecule has 2 aromatic heterocycles. The van der Waals surface area contributed by atoms with Gasteiger partial charge in [-0.3, -0.25) is 4.98 Å². The summed E-state index contributed by atoms with van der Waals surface area (Å²) in [6.45, 7) is 12.9. The predicted octanol–water partition coefficient (Wildman–Crippen LogP) is 6.62. The molecule has 0 saturated heterocycles. The summed E-state index contributed by atoms with van der Waals surface area (Å²) in [4.78, 5) is 4.40. The third-order valence-electron chi connectivity index (χ3n) is 6.74. The Hall–Kier alpha value is -4.57. The second-order valence-electron chi connectivity index (χ2n) is 11.1. The van der Waals surface area contributed by atoms with Crippen LogP contribution >= 0.6 is 0 Å². The van der Waals surface area contributed by atoms with Gasteiger partial charge in [0.05, 0.1) is 34.6 Å². The first-order chi connectivity index (χ1) is 19.0. The van der Waals surface area contributed by atoms with Crippen LogP contribution in [0.2, 0.25) is 0 Å². The lowest BCUT2D eigenvalue weighted by Crippen LogP contribution is -2.26. The molecule has 10 heteroatoms. The highest BCUT2D eigenvalue weighted by Gasteiger charge is 2.54. The first-order valence-electron chi connectivity index (χ1n) is 13.0. The van der Waals surface area contributed by atoms with Crippen molar-refractivity contribution in [3.8, 4) is 12.1 Å². The molecule has 1 aliphatic rings. The third-order valence-corrected chi connectivity index (χ3v) is 6.74. The fourth-order valence-corrected chi connectivity index (χ4v) is 4.31. The van der Waals surface area contributed by atoms with E-state index in [2.05, 4.69) is 65.4 Å². The molecule has 8 nitrogen and oxygen atoms in total. The molecule has 0 spiro atoms. The lowest BCUT2D eigenvalue weighted by atomic mass is 9.96. The topological polar surface area (TPSA) is 115 Å². The van der Waals surface area contributed by atoms with Gasteiger partial charge in [0.2, 0.25) is 0 Å². The van der Waals surface area contributed by atoms with Crippen molar-refractivity contribution in [3.63, 3.8) is 0 Å². The normalized spacial score (nSPS) is 15.3. The van der Waals surface area contributed by atoms with Crippen LogP contribution in [0.1, 0.15) is 63.4 Å². The Labute approximate surface area is 232 Å². The molecule has 2 N–H and O–H groups in total. The molecule has 1 saturated carbocycles. The molecule has 0 unspecified atom stereocenters. The molecular weight excluding hydrogens is 510 g/mol. The number of pyridine rings is 1. The Morgan fingerprint density at radius 3 is 2.52 bits per heavy atom. The maximum Gasteiger partial charge on any atom is 0.263 e. The van der Waals surface area contributed by atoms with Crippen molar-refractivity contribution in [2.45, 2.75) is 58.5 Å². The van der Waals surface area contributed by atoms with Gasteiger partial charge in [-0.05, 0) is 42.9 Å². The number of anilines is 2. The Morgan fingerprint density at radius 1 is 1.20 bits per heavy atom. The first-order valence-corrected chi connectivity index (χ1v) is 13.0. The van der Waals surface area contributed by atoms with Crippen molar-refractivity contribution >= 4 is 22.3 Å². The minimum absolute atomic E-state index is 0.0681. The zero-order valence-electron chi connectivity index (χ0n) is 23.0. The standard InChI is InChI=1S/C30H32F2N8/c1-6-7-8-9-19(2)25(24-17-40(39-38-24)30(10-11-30)28(31)32)37-22-12-20(14-33)26-23(13-22)27(21(15-34)16-35-26)36-18-29(3,4)5/h6-9,12-13,16-17,25,28,37H,2,10-11,18H2,1,3-5H3,(H,35,36)/b7-6-,9-8-/t25-/m0/s1. The van der Waals surface area contributed by atoms with Gasteiger partial charge >= 0.3 is 0 Å². The van der Waals surface area contributed by atoms with Gasteiger partial charge in [-0.1, -0.05) is 56.9 Å². The quantitative estimate of drug-likeness (QED) is 0.277. The summed E-state index contributed by atoms with van der Waals surface area (Å²) in [6, 6.07) is 7.23. The van der Waals surface area contributed by atoms with E-state index in [1.807, 2.05) is 31.2 Å². The van der Waals surface area contributed by atoms with Crippen molar-refractivity contribution in [3.05, 3.63) is 77.8 Å². The number of nitrogens with one attached hydrogen (secondary N) is 2. The third kappa shape index (κ3) is 5.86. The molecule has 4 rings (SSSR count). The van der Waals surface area contributed by atoms with Crippen molar-refractivity contribution in [2.24, 2.45) is 5.41 Å². The number of aromatic nitrogens is 4. The molecule has 1 aliphatic carbocycles. The number of benzene rings is 1. The van der Waals surface area contributed by atoms with Gasteiger partial charge in [-0.2, -0.15) is 10.5 Å². The number of nitriles is 2. The smallest absolute Gasteiger partial charge is 0.263 e. The zero-order chi connectivity index (χ0) is 29.1. The van der Waals surface area contributed by atoms with Crippen molar-refractivity contribution in [2.75, 3.05) is 17.2 Å². The summed E-state index contributed by atoms with van der Waals surface area (Å²) in [5, 5.41) is 35.4. The minimum Gasteiger partial charge on any atom is -0.383 e. The van der Waals surface area contributed by atoms with Crippen molar-refractivity contribution in [1.29, 1.82) is 10.5 Å². The van der Waals surface area contributed by atoms with Crippen LogP contribution in [0.25, 0.3) is 10.9 Å². The van der Waals surface area contributed by atoms with E-state index in [4.69, 9.17) is 0 Å². The van der Waals surface area contributed by atoms with Crippen LogP contribution in [0.15, 0.2) is 61.0 Å². The Bertz CT molecular complexity index is 1560. The number of alkyl halides is 2.